The van der Waals surface area contributed by atoms with Gasteiger partial charge >= 0.3 is 0 Å². The van der Waals surface area contributed by atoms with Gasteiger partial charge in [-0.25, -0.2) is 4.39 Å². The second-order valence-electron chi connectivity index (χ2n) is 6.25. The lowest BCUT2D eigenvalue weighted by Crippen LogP contribution is -2.37. The Kier molecular flexibility index (Phi) is 4.83. The standard InChI is InChI=1S/C20H21FN2O2/c1-3-22(18-7-5-4-6-14(18)2)20(25)15-12-19(24)23(13-15)17-10-8-16(21)9-11-17/h4-11,15H,3,12-13H2,1-2H3. The van der Waals surface area contributed by atoms with E-state index < -0.39 is 5.92 Å². The third kappa shape index (κ3) is 3.40. The summed E-state index contributed by atoms with van der Waals surface area (Å²) in [6, 6.07) is 13.5. The van der Waals surface area contributed by atoms with Gasteiger partial charge in [0.2, 0.25) is 11.8 Å². The van der Waals surface area contributed by atoms with Crippen LogP contribution in [0.25, 0.3) is 0 Å². The molecule has 0 aromatic heterocycles. The predicted octanol–water partition coefficient (Wildman–Crippen LogP) is 3.54. The molecule has 0 aliphatic carbocycles. The maximum Gasteiger partial charge on any atom is 0.232 e. The van der Waals surface area contributed by atoms with Crippen molar-refractivity contribution in [1.29, 1.82) is 0 Å². The quantitative estimate of drug-likeness (QED) is 0.854. The largest absolute Gasteiger partial charge is 0.312 e. The summed E-state index contributed by atoms with van der Waals surface area (Å²) < 4.78 is 13.1. The van der Waals surface area contributed by atoms with Crippen molar-refractivity contribution in [3.05, 3.63) is 59.9 Å². The van der Waals surface area contributed by atoms with Gasteiger partial charge in [0.1, 0.15) is 5.82 Å². The van der Waals surface area contributed by atoms with Gasteiger partial charge in [0, 0.05) is 30.9 Å². The summed E-state index contributed by atoms with van der Waals surface area (Å²) in [6.45, 7) is 4.77. The number of hydrogen-bond acceptors (Lipinski definition) is 2. The molecule has 0 saturated carbocycles. The summed E-state index contributed by atoms with van der Waals surface area (Å²) in [5, 5.41) is 0. The number of halogens is 1. The molecule has 4 nitrogen and oxygen atoms in total. The normalized spacial score (nSPS) is 17.0. The molecule has 1 atom stereocenters. The Bertz CT molecular complexity index is 789. The van der Waals surface area contributed by atoms with Crippen molar-refractivity contribution in [3.8, 4) is 0 Å². The Balaban J connectivity index is 1.80. The van der Waals surface area contributed by atoms with Crippen LogP contribution in [-0.4, -0.2) is 24.9 Å². The zero-order valence-electron chi connectivity index (χ0n) is 14.4. The van der Waals surface area contributed by atoms with Crippen molar-refractivity contribution in [2.45, 2.75) is 20.3 Å². The molecule has 1 saturated heterocycles. The average Bonchev–Trinajstić information content (AvgIpc) is 2.99. The van der Waals surface area contributed by atoms with Crippen LogP contribution in [-0.2, 0) is 9.59 Å². The molecule has 1 aliphatic heterocycles. The number of carbonyl (C=O) groups is 2. The first-order valence-corrected chi connectivity index (χ1v) is 8.44. The van der Waals surface area contributed by atoms with Crippen molar-refractivity contribution in [3.63, 3.8) is 0 Å². The molecule has 1 unspecified atom stereocenters. The topological polar surface area (TPSA) is 40.6 Å². The molecule has 0 spiro atoms. The summed E-state index contributed by atoms with van der Waals surface area (Å²) in [6.07, 6.45) is 0.179. The Hall–Kier alpha value is -2.69. The van der Waals surface area contributed by atoms with E-state index in [1.165, 1.54) is 12.1 Å². The van der Waals surface area contributed by atoms with Gasteiger partial charge in [0.15, 0.2) is 0 Å². The van der Waals surface area contributed by atoms with Crippen molar-refractivity contribution in [1.82, 2.24) is 0 Å². The Morgan fingerprint density at radius 2 is 1.88 bits per heavy atom. The molecule has 0 bridgehead atoms. The Morgan fingerprint density at radius 1 is 1.20 bits per heavy atom. The lowest BCUT2D eigenvalue weighted by Gasteiger charge is -2.26. The molecule has 5 heteroatoms. The fourth-order valence-electron chi connectivity index (χ4n) is 3.28. The minimum Gasteiger partial charge on any atom is -0.312 e. The number of nitrogens with zero attached hydrogens (tertiary/aromatic N) is 2. The van der Waals surface area contributed by atoms with E-state index in [2.05, 4.69) is 0 Å². The lowest BCUT2D eigenvalue weighted by atomic mass is 10.1. The molecule has 0 radical (unpaired) electrons. The van der Waals surface area contributed by atoms with E-state index in [1.807, 2.05) is 38.1 Å². The monoisotopic (exact) mass is 340 g/mol. The van der Waals surface area contributed by atoms with Crippen LogP contribution in [0.15, 0.2) is 48.5 Å². The molecule has 2 aromatic rings. The number of para-hydroxylation sites is 1. The van der Waals surface area contributed by atoms with Crippen LogP contribution >= 0.6 is 0 Å². The zero-order valence-corrected chi connectivity index (χ0v) is 14.4. The van der Waals surface area contributed by atoms with Gasteiger partial charge in [0.25, 0.3) is 0 Å². The fourth-order valence-corrected chi connectivity index (χ4v) is 3.28. The maximum absolute atomic E-state index is 13.1. The van der Waals surface area contributed by atoms with Gasteiger partial charge in [-0.1, -0.05) is 18.2 Å². The second kappa shape index (κ2) is 7.05. The van der Waals surface area contributed by atoms with Crippen LogP contribution in [0.1, 0.15) is 18.9 Å². The molecule has 1 heterocycles. The molecule has 1 aliphatic rings. The molecular formula is C20H21FN2O2. The summed E-state index contributed by atoms with van der Waals surface area (Å²) in [4.78, 5) is 28.6. The number of rotatable bonds is 4. The van der Waals surface area contributed by atoms with Crippen molar-refractivity contribution >= 4 is 23.2 Å². The summed E-state index contributed by atoms with van der Waals surface area (Å²) >= 11 is 0. The van der Waals surface area contributed by atoms with E-state index >= 15 is 0 Å². The molecule has 0 N–H and O–H groups in total. The highest BCUT2D eigenvalue weighted by atomic mass is 19.1. The number of amides is 2. The summed E-state index contributed by atoms with van der Waals surface area (Å²) in [5.41, 5.74) is 2.53. The number of hydrogen-bond donors (Lipinski definition) is 0. The van der Waals surface area contributed by atoms with Crippen LogP contribution in [0.4, 0.5) is 15.8 Å². The minimum atomic E-state index is -0.392. The number of carbonyl (C=O) groups excluding carboxylic acids is 2. The maximum atomic E-state index is 13.1. The van der Waals surface area contributed by atoms with E-state index in [4.69, 9.17) is 0 Å². The SMILES string of the molecule is CCN(C(=O)C1CC(=O)N(c2ccc(F)cc2)C1)c1ccccc1C. The number of anilines is 2. The van der Waals surface area contributed by atoms with Gasteiger partial charge in [-0.2, -0.15) is 0 Å². The van der Waals surface area contributed by atoms with Crippen LogP contribution in [0.3, 0.4) is 0 Å². The predicted molar refractivity (Wildman–Crippen MR) is 96.1 cm³/mol. The van der Waals surface area contributed by atoms with Gasteiger partial charge in [0.05, 0.1) is 5.92 Å². The Morgan fingerprint density at radius 3 is 2.52 bits per heavy atom. The highest BCUT2D eigenvalue weighted by molar-refractivity contribution is 6.04. The lowest BCUT2D eigenvalue weighted by molar-refractivity contribution is -0.124. The minimum absolute atomic E-state index is 0.0465. The van der Waals surface area contributed by atoms with E-state index in [0.717, 1.165) is 11.3 Å². The molecule has 3 rings (SSSR count). The van der Waals surface area contributed by atoms with E-state index in [0.29, 0.717) is 18.8 Å². The summed E-state index contributed by atoms with van der Waals surface area (Å²) in [5.74, 6) is -0.891. The third-order valence-corrected chi connectivity index (χ3v) is 4.60. The van der Waals surface area contributed by atoms with Crippen molar-refractivity contribution in [2.24, 2.45) is 5.92 Å². The first-order valence-electron chi connectivity index (χ1n) is 8.44. The number of aryl methyl sites for hydroxylation is 1. The van der Waals surface area contributed by atoms with Gasteiger partial charge in [-0.15, -0.1) is 0 Å². The van der Waals surface area contributed by atoms with Crippen molar-refractivity contribution in [2.75, 3.05) is 22.9 Å². The average molecular weight is 340 g/mol. The molecule has 1 fully saturated rings. The molecular weight excluding hydrogens is 319 g/mol. The van der Waals surface area contributed by atoms with Crippen LogP contribution in [0, 0.1) is 18.7 Å². The molecule has 2 aromatic carbocycles. The molecule has 2 amide bonds. The smallest absolute Gasteiger partial charge is 0.232 e. The summed E-state index contributed by atoms with van der Waals surface area (Å²) in [7, 11) is 0. The van der Waals surface area contributed by atoms with Crippen LogP contribution < -0.4 is 9.80 Å². The highest BCUT2D eigenvalue weighted by Crippen LogP contribution is 2.29. The number of benzene rings is 2. The Labute approximate surface area is 146 Å². The third-order valence-electron chi connectivity index (χ3n) is 4.60. The van der Waals surface area contributed by atoms with Gasteiger partial charge in [-0.05, 0) is 49.7 Å². The van der Waals surface area contributed by atoms with Crippen molar-refractivity contribution < 1.29 is 14.0 Å². The van der Waals surface area contributed by atoms with Crippen LogP contribution in [0.2, 0.25) is 0 Å². The van der Waals surface area contributed by atoms with E-state index in [-0.39, 0.29) is 24.1 Å². The second-order valence-corrected chi connectivity index (χ2v) is 6.25. The van der Waals surface area contributed by atoms with Gasteiger partial charge < -0.3 is 9.80 Å². The fraction of sp³-hybridized carbons (Fsp3) is 0.300. The van der Waals surface area contributed by atoms with E-state index in [1.54, 1.807) is 21.9 Å². The highest BCUT2D eigenvalue weighted by Gasteiger charge is 2.37. The first kappa shape index (κ1) is 17.1. The molecule has 130 valence electrons. The first-order chi connectivity index (χ1) is 12.0. The molecule has 25 heavy (non-hydrogen) atoms. The van der Waals surface area contributed by atoms with Crippen LogP contribution in [0.5, 0.6) is 0 Å². The van der Waals surface area contributed by atoms with E-state index in [9.17, 15) is 14.0 Å². The zero-order chi connectivity index (χ0) is 18.0. The van der Waals surface area contributed by atoms with Gasteiger partial charge in [-0.3, -0.25) is 9.59 Å².